The van der Waals surface area contributed by atoms with Gasteiger partial charge in [-0.3, -0.25) is 15.0 Å². The van der Waals surface area contributed by atoms with Crippen LogP contribution < -0.4 is 16.8 Å². The third kappa shape index (κ3) is 4.26. The Morgan fingerprint density at radius 3 is 2.74 bits per heavy atom. The van der Waals surface area contributed by atoms with Gasteiger partial charge in [0.2, 0.25) is 5.60 Å². The van der Waals surface area contributed by atoms with E-state index in [9.17, 15) is 24.3 Å². The number of hydrogen-bond donors (Lipinski definition) is 3. The number of pyridine rings is 2. The van der Waals surface area contributed by atoms with Crippen LogP contribution in [-0.4, -0.2) is 39.3 Å². The van der Waals surface area contributed by atoms with Crippen LogP contribution in [0.5, 0.6) is 5.75 Å². The summed E-state index contributed by atoms with van der Waals surface area (Å²) in [6.07, 6.45) is -0.147. The lowest BCUT2D eigenvalue weighted by Gasteiger charge is -2.35. The van der Waals surface area contributed by atoms with Gasteiger partial charge in [0, 0.05) is 22.9 Å². The van der Waals surface area contributed by atoms with Crippen molar-refractivity contribution in [2.75, 3.05) is 6.61 Å². The maximum Gasteiger partial charge on any atom is 0.421 e. The molecule has 3 aromatic rings. The van der Waals surface area contributed by atoms with Gasteiger partial charge in [-0.1, -0.05) is 13.8 Å². The first-order valence-corrected chi connectivity index (χ1v) is 12.7. The maximum absolute atomic E-state index is 13.7. The summed E-state index contributed by atoms with van der Waals surface area (Å²) in [4.78, 5) is 55.6. The van der Waals surface area contributed by atoms with E-state index >= 15 is 0 Å². The number of ether oxygens (including phenoxy) is 3. The van der Waals surface area contributed by atoms with Crippen LogP contribution in [0.2, 0.25) is 0 Å². The fraction of sp³-hybridized carbons (Fsp3) is 0.370. The summed E-state index contributed by atoms with van der Waals surface area (Å²) in [5, 5.41) is 10.9. The first-order chi connectivity index (χ1) is 18.7. The van der Waals surface area contributed by atoms with Gasteiger partial charge < -0.3 is 23.9 Å². The molecule has 2 aliphatic rings. The molecule has 0 saturated carbocycles. The Bertz CT molecular complexity index is 1580. The van der Waals surface area contributed by atoms with Crippen molar-refractivity contribution in [2.24, 2.45) is 5.84 Å². The zero-order chi connectivity index (χ0) is 27.9. The number of carbonyl (C=O) groups excluding carboxylic acids is 3. The third-order valence-corrected chi connectivity index (χ3v) is 7.27. The molecule has 39 heavy (non-hydrogen) atoms. The molecule has 2 aliphatic heterocycles. The van der Waals surface area contributed by atoms with E-state index < -0.39 is 23.6 Å². The minimum atomic E-state index is -1.81. The van der Waals surface area contributed by atoms with Gasteiger partial charge in [0.25, 0.3) is 5.56 Å². The number of hydrazine groups is 1. The topological polar surface area (TPSA) is 172 Å². The monoisotopic (exact) mass is 536 g/mol. The van der Waals surface area contributed by atoms with Gasteiger partial charge in [0.05, 0.1) is 35.6 Å². The van der Waals surface area contributed by atoms with Gasteiger partial charge in [0.15, 0.2) is 0 Å². The number of phenolic OH excluding ortho intramolecular Hbond substituents is 1. The zero-order valence-electron chi connectivity index (χ0n) is 21.5. The van der Waals surface area contributed by atoms with Gasteiger partial charge in [-0.15, -0.1) is 0 Å². The van der Waals surface area contributed by atoms with Crippen molar-refractivity contribution in [1.82, 2.24) is 15.0 Å². The van der Waals surface area contributed by atoms with Crippen LogP contribution in [0.1, 0.15) is 55.4 Å². The van der Waals surface area contributed by atoms with E-state index in [1.54, 1.807) is 35.8 Å². The van der Waals surface area contributed by atoms with Crippen LogP contribution in [0.15, 0.2) is 29.1 Å². The lowest BCUT2D eigenvalue weighted by molar-refractivity contribution is -0.189. The molecule has 0 saturated heterocycles. The standard InChI is InChI=1S/C27H28N4O8/c1-3-15-16-10-14(32)7-8-20(16)29-23-17(15)12-31-21(23)11-19-18(24(31)34)13-38-25(35)27(19,4-2)39-22(33)6-5-9-37-26(36)30-28/h7-8,10-11,32H,3-6,9,12-13,28H2,1-2H3,(H,30,36)/t27-/m0/s1. The lowest BCUT2D eigenvalue weighted by atomic mass is 9.85. The Morgan fingerprint density at radius 1 is 1.23 bits per heavy atom. The summed E-state index contributed by atoms with van der Waals surface area (Å²) >= 11 is 0. The number of aromatic nitrogens is 2. The Morgan fingerprint density at radius 2 is 2.03 bits per heavy atom. The minimum Gasteiger partial charge on any atom is -0.508 e. The van der Waals surface area contributed by atoms with Gasteiger partial charge in [-0.2, -0.15) is 0 Å². The normalized spacial score (nSPS) is 17.2. The fourth-order valence-corrected chi connectivity index (χ4v) is 5.38. The highest BCUT2D eigenvalue weighted by molar-refractivity contribution is 5.90. The van der Waals surface area contributed by atoms with Crippen LogP contribution in [0.25, 0.3) is 22.3 Å². The van der Waals surface area contributed by atoms with Crippen LogP contribution >= 0.6 is 0 Å². The molecule has 0 aliphatic carbocycles. The maximum atomic E-state index is 13.7. The summed E-state index contributed by atoms with van der Waals surface area (Å²) < 4.78 is 17.5. The van der Waals surface area contributed by atoms with Gasteiger partial charge in [0.1, 0.15) is 12.4 Å². The SMILES string of the molecule is CCc1c2c(nc3ccc(O)cc13)-c1cc3c(c(=O)n1C2)COC(=O)[C@@]3(CC)OC(=O)CCCOC(=O)NN. The summed E-state index contributed by atoms with van der Waals surface area (Å²) in [5.41, 5.74) is 3.80. The number of nitrogens with two attached hydrogens (primary N) is 1. The highest BCUT2D eigenvalue weighted by atomic mass is 16.6. The van der Waals surface area contributed by atoms with Crippen LogP contribution in [-0.2, 0) is 49.0 Å². The Kier molecular flexibility index (Phi) is 6.73. The molecule has 1 aromatic carbocycles. The summed E-state index contributed by atoms with van der Waals surface area (Å²) in [7, 11) is 0. The number of fused-ring (bicyclic) bond motifs is 5. The second-order valence-corrected chi connectivity index (χ2v) is 9.40. The molecule has 5 rings (SSSR count). The predicted octanol–water partition coefficient (Wildman–Crippen LogP) is 2.28. The van der Waals surface area contributed by atoms with E-state index in [1.165, 1.54) is 0 Å². The molecule has 0 fully saturated rings. The second kappa shape index (κ2) is 10.0. The fourth-order valence-electron chi connectivity index (χ4n) is 5.38. The zero-order valence-corrected chi connectivity index (χ0v) is 21.5. The Balaban J connectivity index is 1.56. The van der Waals surface area contributed by atoms with E-state index in [0.29, 0.717) is 23.3 Å². The van der Waals surface area contributed by atoms with Crippen LogP contribution in [0.4, 0.5) is 4.79 Å². The van der Waals surface area contributed by atoms with Crippen LogP contribution in [0, 0.1) is 0 Å². The molecule has 204 valence electrons. The number of phenols is 1. The number of carbonyl (C=O) groups is 3. The number of benzene rings is 1. The van der Waals surface area contributed by atoms with E-state index in [-0.39, 0.29) is 61.5 Å². The number of aromatic hydroxyl groups is 1. The van der Waals surface area contributed by atoms with Crippen molar-refractivity contribution in [3.63, 3.8) is 0 Å². The molecule has 0 spiro atoms. The predicted molar refractivity (Wildman–Crippen MR) is 137 cm³/mol. The largest absolute Gasteiger partial charge is 0.508 e. The second-order valence-electron chi connectivity index (χ2n) is 9.40. The van der Waals surface area contributed by atoms with Gasteiger partial charge in [-0.05, 0) is 49.1 Å². The van der Waals surface area contributed by atoms with E-state index in [0.717, 1.165) is 16.5 Å². The first kappa shape index (κ1) is 26.2. The molecular formula is C27H28N4O8. The number of esters is 2. The van der Waals surface area contributed by atoms with Crippen molar-refractivity contribution in [3.05, 3.63) is 56.9 Å². The number of hydrogen-bond acceptors (Lipinski definition) is 10. The third-order valence-electron chi connectivity index (χ3n) is 7.27. The van der Waals surface area contributed by atoms with Crippen molar-refractivity contribution in [2.45, 2.75) is 58.3 Å². The number of rotatable bonds is 7. The molecule has 2 aromatic heterocycles. The number of nitrogens with zero attached hydrogens (tertiary/aromatic N) is 2. The van der Waals surface area contributed by atoms with Gasteiger partial charge >= 0.3 is 18.0 Å². The smallest absolute Gasteiger partial charge is 0.421 e. The Hall–Kier alpha value is -4.45. The molecule has 0 unspecified atom stereocenters. The molecule has 12 nitrogen and oxygen atoms in total. The summed E-state index contributed by atoms with van der Waals surface area (Å²) in [6.45, 7) is 3.62. The number of aryl methyl sites for hydroxylation is 1. The molecule has 12 heteroatoms. The molecule has 1 atom stereocenters. The highest BCUT2D eigenvalue weighted by Crippen LogP contribution is 2.42. The Labute approximate surface area is 222 Å². The van der Waals surface area contributed by atoms with Crippen molar-refractivity contribution < 1.29 is 33.7 Å². The quantitative estimate of drug-likeness (QED) is 0.0794. The summed E-state index contributed by atoms with van der Waals surface area (Å²) in [6, 6.07) is 6.65. The van der Waals surface area contributed by atoms with Crippen molar-refractivity contribution in [3.8, 4) is 17.1 Å². The van der Waals surface area contributed by atoms with Crippen molar-refractivity contribution >= 4 is 28.9 Å². The van der Waals surface area contributed by atoms with E-state index in [2.05, 4.69) is 0 Å². The molecule has 0 radical (unpaired) electrons. The number of amides is 1. The average Bonchev–Trinajstić information content (AvgIpc) is 3.30. The highest BCUT2D eigenvalue weighted by Gasteiger charge is 2.50. The van der Waals surface area contributed by atoms with Gasteiger partial charge in [-0.25, -0.2) is 20.4 Å². The number of nitrogens with one attached hydrogen (secondary N) is 1. The first-order valence-electron chi connectivity index (χ1n) is 12.7. The molecule has 1 amide bonds. The van der Waals surface area contributed by atoms with Crippen LogP contribution in [0.3, 0.4) is 0 Å². The van der Waals surface area contributed by atoms with Crippen molar-refractivity contribution in [1.29, 1.82) is 0 Å². The number of cyclic esters (lactones) is 1. The lowest BCUT2D eigenvalue weighted by Crippen LogP contribution is -2.47. The molecular weight excluding hydrogens is 508 g/mol. The average molecular weight is 537 g/mol. The van der Waals surface area contributed by atoms with E-state index in [4.69, 9.17) is 25.0 Å². The molecule has 4 N–H and O–H groups in total. The minimum absolute atomic E-state index is 0.0387. The summed E-state index contributed by atoms with van der Waals surface area (Å²) in [5.74, 6) is 3.61. The van der Waals surface area contributed by atoms with E-state index in [1.807, 2.05) is 12.3 Å². The molecule has 4 heterocycles. The molecule has 0 bridgehead atoms.